The topological polar surface area (TPSA) is 438 Å². The molecule has 3 fully saturated rings. The van der Waals surface area contributed by atoms with Gasteiger partial charge in [0, 0.05) is 44.9 Å². The number of phenolic OH excluding ortho intramolecular Hbond substituents is 1. The Morgan fingerprint density at radius 2 is 1.43 bits per heavy atom. The average Bonchev–Trinajstić information content (AvgIpc) is 3.79. The fraction of sp³-hybridized carbons (Fsp3) is 0.692. The summed E-state index contributed by atoms with van der Waals surface area (Å²) >= 11 is -4.69. The first kappa shape index (κ1) is 55.1. The van der Waals surface area contributed by atoms with Crippen LogP contribution in [-0.4, -0.2) is 235 Å². The fourth-order valence-corrected chi connectivity index (χ4v) is 8.45. The molecule has 3 saturated heterocycles. The molecule has 1 aromatic carbocycles. The van der Waals surface area contributed by atoms with Crippen LogP contribution in [0.3, 0.4) is 0 Å². The van der Waals surface area contributed by atoms with E-state index >= 15 is 0 Å². The van der Waals surface area contributed by atoms with Gasteiger partial charge in [0.25, 0.3) is 11.2 Å². The number of β-amino-alcohol motifs (C(OH)–C–C–N with tert-alkyl or cyclic N) is 1. The van der Waals surface area contributed by atoms with E-state index in [0.29, 0.717) is 0 Å². The Labute approximate surface area is 386 Å². The normalized spacial score (nSPS) is 30.4. The maximum Gasteiger partial charge on any atom is 0.266 e. The zero-order valence-electron chi connectivity index (χ0n) is 36.9. The van der Waals surface area contributed by atoms with Crippen molar-refractivity contribution >= 4 is 46.6 Å². The van der Waals surface area contributed by atoms with Crippen molar-refractivity contribution in [3.8, 4) is 11.5 Å². The number of fused-ring (bicyclic) bond motifs is 2. The summed E-state index contributed by atoms with van der Waals surface area (Å²) in [5.41, 5.74) is 6.00. The van der Waals surface area contributed by atoms with Crippen LogP contribution < -0.4 is 31.2 Å². The standard InChI is InChI=1S/C39H64N8O19S/c1-17-13-47-32(33(17)56)37(60)41-12-21(51)10-23(40)34(57)42-29(18(2)50)38(61)46-14-22(52)11-24(46)35(58)43-30(27(55)8-19-4-5-25(53)28(9-19)66-67(63,64)65)36(59)44-31(39(47)62)26(54)6-7-45(3)20(15-48)16-49/h4-5,9,17-18,20-24,26-27,29-33,48-56,63-65H,6-8,10-16,40H2,1-3H3,(H,41,60)(H,42,57)(H,43,58)(H,44,59)/t17-,18+,21+,22+,23-,24-,26+,27+,29-,30-,31-,32-,33-/m0/s1. The van der Waals surface area contributed by atoms with E-state index in [-0.39, 0.29) is 25.1 Å². The van der Waals surface area contributed by atoms with Gasteiger partial charge in [-0.25, -0.2) is 0 Å². The molecule has 0 radical (unpaired) electrons. The summed E-state index contributed by atoms with van der Waals surface area (Å²) in [7, 11) is 1.48. The predicted molar refractivity (Wildman–Crippen MR) is 231 cm³/mol. The first-order valence-corrected chi connectivity index (χ1v) is 22.8. The Bertz CT molecular complexity index is 1910. The second kappa shape index (κ2) is 23.7. The van der Waals surface area contributed by atoms with Crippen LogP contribution in [0, 0.1) is 5.92 Å². The van der Waals surface area contributed by atoms with E-state index < -0.39 is 188 Å². The molecule has 18 N–H and O–H groups in total. The maximum atomic E-state index is 14.6. The molecule has 0 spiro atoms. The Morgan fingerprint density at radius 3 is 2.04 bits per heavy atom. The number of rotatable bonds is 13. The van der Waals surface area contributed by atoms with Gasteiger partial charge < -0.3 is 86.9 Å². The number of aliphatic hydroxyl groups excluding tert-OH is 8. The minimum absolute atomic E-state index is 0.0350. The largest absolute Gasteiger partial charge is 0.504 e. The van der Waals surface area contributed by atoms with E-state index in [2.05, 4.69) is 25.5 Å². The van der Waals surface area contributed by atoms with Crippen LogP contribution in [0.25, 0.3) is 0 Å². The highest BCUT2D eigenvalue weighted by Gasteiger charge is 2.49. The van der Waals surface area contributed by atoms with Gasteiger partial charge in [0.2, 0.25) is 35.4 Å². The van der Waals surface area contributed by atoms with Crippen molar-refractivity contribution < 1.29 is 92.6 Å². The molecule has 0 aliphatic carbocycles. The second-order valence-corrected chi connectivity index (χ2v) is 18.3. The summed E-state index contributed by atoms with van der Waals surface area (Å²) in [6.07, 6.45) is -12.1. The zero-order chi connectivity index (χ0) is 50.2. The van der Waals surface area contributed by atoms with E-state index in [0.717, 1.165) is 28.9 Å². The van der Waals surface area contributed by atoms with Crippen molar-refractivity contribution in [2.75, 3.05) is 46.4 Å². The number of carbonyl (C=O) groups excluding carboxylic acids is 6. The third-order valence-electron chi connectivity index (χ3n) is 12.0. The molecule has 67 heavy (non-hydrogen) atoms. The van der Waals surface area contributed by atoms with Crippen molar-refractivity contribution in [1.82, 2.24) is 36.0 Å². The van der Waals surface area contributed by atoms with Gasteiger partial charge in [-0.1, -0.05) is 13.0 Å². The molecule has 6 amide bonds. The summed E-state index contributed by atoms with van der Waals surface area (Å²) in [4.78, 5) is 87.5. The lowest BCUT2D eigenvalue weighted by Gasteiger charge is -2.34. The molecule has 3 aliphatic heterocycles. The lowest BCUT2D eigenvalue weighted by molar-refractivity contribution is -0.147. The molecule has 13 atom stereocenters. The molecule has 3 heterocycles. The van der Waals surface area contributed by atoms with Crippen LogP contribution in [0.1, 0.15) is 38.7 Å². The van der Waals surface area contributed by atoms with Crippen molar-refractivity contribution in [3.05, 3.63) is 23.8 Å². The predicted octanol–water partition coefficient (Wildman–Crippen LogP) is -6.94. The smallest absolute Gasteiger partial charge is 0.266 e. The van der Waals surface area contributed by atoms with Crippen molar-refractivity contribution in [2.24, 2.45) is 11.7 Å². The van der Waals surface area contributed by atoms with Crippen LogP contribution >= 0.6 is 11.2 Å². The average molecular weight is 981 g/mol. The minimum Gasteiger partial charge on any atom is -0.504 e. The summed E-state index contributed by atoms with van der Waals surface area (Å²) in [6.45, 7) is 0.0436. The third kappa shape index (κ3) is 14.3. The Morgan fingerprint density at radius 1 is 0.821 bits per heavy atom. The number of aliphatic hydroxyl groups is 8. The number of amides is 6. The molecule has 28 heteroatoms. The molecule has 1 aromatic rings. The van der Waals surface area contributed by atoms with Gasteiger partial charge in [0.15, 0.2) is 11.5 Å². The lowest BCUT2D eigenvalue weighted by Crippen LogP contribution is -2.64. The van der Waals surface area contributed by atoms with Crippen molar-refractivity contribution in [2.45, 2.75) is 118 Å². The number of nitrogens with zero attached hydrogens (tertiary/aromatic N) is 3. The minimum atomic E-state index is -4.69. The Balaban J connectivity index is 1.85. The maximum absolute atomic E-state index is 14.6. The quantitative estimate of drug-likeness (QED) is 0.0873. The van der Waals surface area contributed by atoms with Gasteiger partial charge in [0.05, 0.1) is 61.9 Å². The van der Waals surface area contributed by atoms with Crippen LogP contribution in [0.5, 0.6) is 11.5 Å². The number of aromatic hydroxyl groups is 1. The zero-order valence-corrected chi connectivity index (χ0v) is 37.8. The van der Waals surface area contributed by atoms with E-state index in [9.17, 15) is 88.4 Å². The van der Waals surface area contributed by atoms with Gasteiger partial charge in [0.1, 0.15) is 30.2 Å². The first-order chi connectivity index (χ1) is 31.3. The number of likely N-dealkylation sites (N-methyl/N-ethyl adjacent to an activating group) is 1. The van der Waals surface area contributed by atoms with E-state index in [1.807, 2.05) is 0 Å². The van der Waals surface area contributed by atoms with Crippen LogP contribution in [0.4, 0.5) is 0 Å². The first-order valence-electron chi connectivity index (χ1n) is 21.4. The molecule has 0 aromatic heterocycles. The van der Waals surface area contributed by atoms with Gasteiger partial charge in [-0.2, -0.15) is 0 Å². The third-order valence-corrected chi connectivity index (χ3v) is 12.4. The van der Waals surface area contributed by atoms with Crippen LogP contribution in [0.2, 0.25) is 0 Å². The fourth-order valence-electron chi connectivity index (χ4n) is 8.07. The molecule has 4 rings (SSSR count). The second-order valence-electron chi connectivity index (χ2n) is 17.2. The van der Waals surface area contributed by atoms with Gasteiger partial charge in [-0.15, -0.1) is 0 Å². The Hall–Kier alpha value is -4.53. The number of hydrogen-bond acceptors (Lipinski definition) is 21. The summed E-state index contributed by atoms with van der Waals surface area (Å²) in [6, 6.07) is -8.68. The van der Waals surface area contributed by atoms with Crippen LogP contribution in [-0.2, 0) is 35.2 Å². The molecular weight excluding hydrogens is 917 g/mol. The highest BCUT2D eigenvalue weighted by atomic mass is 32.3. The van der Waals surface area contributed by atoms with Crippen molar-refractivity contribution in [3.63, 3.8) is 0 Å². The van der Waals surface area contributed by atoms with Crippen molar-refractivity contribution in [1.29, 1.82) is 0 Å². The molecule has 0 unspecified atom stereocenters. The highest BCUT2D eigenvalue weighted by Crippen LogP contribution is 2.40. The molecule has 3 aliphatic rings. The number of nitrogens with one attached hydrogen (secondary N) is 4. The summed E-state index contributed by atoms with van der Waals surface area (Å²) in [5.74, 6) is -9.09. The Kier molecular flexibility index (Phi) is 19.4. The lowest BCUT2D eigenvalue weighted by atomic mass is 9.98. The van der Waals surface area contributed by atoms with E-state index in [1.165, 1.54) is 24.9 Å². The SMILES string of the molecule is C[C@@H](O)[C@@H]1NC(=O)[C@@H](N)C[C@@H](O)CNC(=O)[C@@H]2[C@@H](O)[C@@H](C)CN2C(=O)[C@H]([C@H](O)CCN(C)C(CO)CO)NC(=O)[C@H]([C@H](O)Cc2ccc(O)c(OS(O)(O)O)c2)NC(=O)[C@@H]2C[C@@H](O)CN2C1=O. The number of hydrogen-bond donors (Lipinski definition) is 17. The number of phenols is 1. The van der Waals surface area contributed by atoms with Gasteiger partial charge >= 0.3 is 0 Å². The summed E-state index contributed by atoms with van der Waals surface area (Å²) in [5, 5.41) is 106. The number of nitrogens with two attached hydrogens (primary N) is 1. The highest BCUT2D eigenvalue weighted by molar-refractivity contribution is 8.15. The summed E-state index contributed by atoms with van der Waals surface area (Å²) < 4.78 is 32.9. The molecular formula is C39H64N8O19S. The van der Waals surface area contributed by atoms with Gasteiger partial charge in [-0.05, 0) is 44.5 Å². The molecule has 380 valence electrons. The van der Waals surface area contributed by atoms with Crippen LogP contribution in [0.15, 0.2) is 18.2 Å². The number of carbonyl (C=O) groups is 6. The van der Waals surface area contributed by atoms with E-state index in [4.69, 9.17) is 5.73 Å². The number of benzene rings is 1. The molecule has 27 nitrogen and oxygen atoms in total. The van der Waals surface area contributed by atoms with E-state index in [1.54, 1.807) is 0 Å². The van der Waals surface area contributed by atoms with Gasteiger partial charge in [-0.3, -0.25) is 47.3 Å². The molecule has 0 saturated carbocycles. The monoisotopic (exact) mass is 980 g/mol. The molecule has 0 bridgehead atoms.